The van der Waals surface area contributed by atoms with Gasteiger partial charge in [-0.15, -0.1) is 0 Å². The van der Waals surface area contributed by atoms with Crippen LogP contribution in [0, 0.1) is 0 Å². The van der Waals surface area contributed by atoms with Crippen LogP contribution in [0.5, 0.6) is 0 Å². The number of ether oxygens (including phenoxy) is 1. The van der Waals surface area contributed by atoms with Crippen LogP contribution in [0.15, 0.2) is 24.3 Å². The molecular weight excluding hydrogens is 242 g/mol. The number of rotatable bonds is 4. The van der Waals surface area contributed by atoms with E-state index in [0.717, 1.165) is 25.0 Å². The number of aromatic carboxylic acids is 1. The van der Waals surface area contributed by atoms with Crippen LogP contribution in [0.1, 0.15) is 42.6 Å². The molecule has 19 heavy (non-hydrogen) atoms. The zero-order valence-corrected chi connectivity index (χ0v) is 11.5. The summed E-state index contributed by atoms with van der Waals surface area (Å²) in [4.78, 5) is 11.1. The van der Waals surface area contributed by atoms with E-state index >= 15 is 0 Å². The summed E-state index contributed by atoms with van der Waals surface area (Å²) in [7, 11) is 0. The Balaban J connectivity index is 1.97. The second-order valence-corrected chi connectivity index (χ2v) is 5.64. The van der Waals surface area contributed by atoms with Crippen molar-refractivity contribution >= 4 is 5.97 Å². The maximum Gasteiger partial charge on any atom is 0.336 e. The van der Waals surface area contributed by atoms with Crippen molar-refractivity contribution in [2.24, 2.45) is 0 Å². The molecule has 2 N–H and O–H groups in total. The first-order valence-corrected chi connectivity index (χ1v) is 6.66. The van der Waals surface area contributed by atoms with E-state index < -0.39 is 5.97 Å². The Morgan fingerprint density at radius 3 is 2.89 bits per heavy atom. The van der Waals surface area contributed by atoms with Crippen LogP contribution < -0.4 is 5.32 Å². The third kappa shape index (κ3) is 3.78. The number of carbonyl (C=O) groups is 1. The fourth-order valence-electron chi connectivity index (χ4n) is 2.54. The van der Waals surface area contributed by atoms with Gasteiger partial charge in [0, 0.05) is 19.2 Å². The highest BCUT2D eigenvalue weighted by Crippen LogP contribution is 2.24. The van der Waals surface area contributed by atoms with Crippen molar-refractivity contribution in [2.45, 2.75) is 44.9 Å². The molecule has 1 heterocycles. The lowest BCUT2D eigenvalue weighted by Gasteiger charge is -2.36. The van der Waals surface area contributed by atoms with Crippen molar-refractivity contribution in [1.82, 2.24) is 5.32 Å². The van der Waals surface area contributed by atoms with Gasteiger partial charge in [-0.2, -0.15) is 0 Å². The van der Waals surface area contributed by atoms with Crippen LogP contribution in [-0.4, -0.2) is 29.3 Å². The normalized spacial score (nSPS) is 22.1. The van der Waals surface area contributed by atoms with Gasteiger partial charge < -0.3 is 15.2 Å². The number of carboxylic acids is 1. The Hall–Kier alpha value is -1.39. The van der Waals surface area contributed by atoms with Crippen molar-refractivity contribution in [1.29, 1.82) is 0 Å². The first kappa shape index (κ1) is 14.0. The molecule has 0 aliphatic carbocycles. The predicted octanol–water partition coefficient (Wildman–Crippen LogP) is 2.43. The topological polar surface area (TPSA) is 58.6 Å². The van der Waals surface area contributed by atoms with Gasteiger partial charge in [0.1, 0.15) is 0 Å². The second kappa shape index (κ2) is 5.72. The average Bonchev–Trinajstić information content (AvgIpc) is 2.35. The van der Waals surface area contributed by atoms with Crippen molar-refractivity contribution in [2.75, 3.05) is 6.61 Å². The minimum Gasteiger partial charge on any atom is -0.478 e. The van der Waals surface area contributed by atoms with E-state index in [2.05, 4.69) is 19.2 Å². The summed E-state index contributed by atoms with van der Waals surface area (Å²) in [6.07, 6.45) is 1.92. The molecule has 1 atom stereocenters. The van der Waals surface area contributed by atoms with E-state index in [4.69, 9.17) is 9.84 Å². The molecule has 1 aromatic carbocycles. The maximum absolute atomic E-state index is 11.1. The largest absolute Gasteiger partial charge is 0.478 e. The zero-order valence-electron chi connectivity index (χ0n) is 11.5. The van der Waals surface area contributed by atoms with Crippen LogP contribution in [0.4, 0.5) is 0 Å². The highest BCUT2D eigenvalue weighted by molar-refractivity contribution is 5.89. The molecule has 1 unspecified atom stereocenters. The molecule has 1 aromatic rings. The van der Waals surface area contributed by atoms with Crippen molar-refractivity contribution < 1.29 is 14.6 Å². The summed E-state index contributed by atoms with van der Waals surface area (Å²) in [6, 6.07) is 7.52. The average molecular weight is 263 g/mol. The van der Waals surface area contributed by atoms with Gasteiger partial charge >= 0.3 is 5.97 Å². The fraction of sp³-hybridized carbons (Fsp3) is 0.533. The van der Waals surface area contributed by atoms with Crippen LogP contribution in [0.2, 0.25) is 0 Å². The van der Waals surface area contributed by atoms with Gasteiger partial charge in [0.2, 0.25) is 0 Å². The first-order chi connectivity index (χ1) is 8.98. The van der Waals surface area contributed by atoms with Crippen LogP contribution in [-0.2, 0) is 11.3 Å². The molecule has 4 nitrogen and oxygen atoms in total. The van der Waals surface area contributed by atoms with E-state index in [-0.39, 0.29) is 5.60 Å². The molecule has 4 heteroatoms. The molecule has 0 saturated carbocycles. The van der Waals surface area contributed by atoms with Gasteiger partial charge in [0.25, 0.3) is 0 Å². The number of carboxylic acid groups (broad SMARTS) is 1. The molecule has 1 fully saturated rings. The second-order valence-electron chi connectivity index (χ2n) is 5.64. The number of hydrogen-bond acceptors (Lipinski definition) is 3. The van der Waals surface area contributed by atoms with Crippen LogP contribution >= 0.6 is 0 Å². The van der Waals surface area contributed by atoms with Crippen LogP contribution in [0.3, 0.4) is 0 Å². The van der Waals surface area contributed by atoms with E-state index in [1.807, 2.05) is 12.1 Å². The smallest absolute Gasteiger partial charge is 0.336 e. The van der Waals surface area contributed by atoms with E-state index in [1.165, 1.54) is 0 Å². The van der Waals surface area contributed by atoms with Gasteiger partial charge in [0.05, 0.1) is 11.2 Å². The van der Waals surface area contributed by atoms with Gasteiger partial charge in [-0.1, -0.05) is 18.2 Å². The lowest BCUT2D eigenvalue weighted by molar-refractivity contribution is -0.0630. The van der Waals surface area contributed by atoms with Gasteiger partial charge in [-0.05, 0) is 38.3 Å². The molecule has 104 valence electrons. The summed E-state index contributed by atoms with van der Waals surface area (Å²) in [5.74, 6) is -0.871. The number of benzene rings is 1. The summed E-state index contributed by atoms with van der Waals surface area (Å²) in [6.45, 7) is 5.52. The molecule has 0 spiro atoms. The zero-order chi connectivity index (χ0) is 13.9. The summed E-state index contributed by atoms with van der Waals surface area (Å²) < 4.78 is 5.68. The van der Waals surface area contributed by atoms with Gasteiger partial charge in [-0.25, -0.2) is 4.79 Å². The molecule has 1 saturated heterocycles. The summed E-state index contributed by atoms with van der Waals surface area (Å²) in [5.41, 5.74) is 1.11. The Kier molecular flexibility index (Phi) is 4.22. The van der Waals surface area contributed by atoms with E-state index in [1.54, 1.807) is 12.1 Å². The lowest BCUT2D eigenvalue weighted by atomic mass is 9.93. The number of nitrogens with one attached hydrogen (secondary N) is 1. The Bertz CT molecular complexity index is 456. The SMILES string of the molecule is CC1(C)CC(NCc2ccccc2C(=O)O)CCO1. The molecule has 0 amide bonds. The quantitative estimate of drug-likeness (QED) is 0.876. The standard InChI is InChI=1S/C15H21NO3/c1-15(2)9-12(7-8-19-15)16-10-11-5-3-4-6-13(11)14(17)18/h3-6,12,16H,7-10H2,1-2H3,(H,17,18). The molecule has 1 aliphatic rings. The minimum absolute atomic E-state index is 0.0950. The van der Waals surface area contributed by atoms with Gasteiger partial charge in [0.15, 0.2) is 0 Å². The van der Waals surface area contributed by atoms with Gasteiger partial charge in [-0.3, -0.25) is 0 Å². The third-order valence-corrected chi connectivity index (χ3v) is 3.53. The molecule has 1 aliphatic heterocycles. The fourth-order valence-corrected chi connectivity index (χ4v) is 2.54. The number of hydrogen-bond donors (Lipinski definition) is 2. The molecular formula is C15H21NO3. The van der Waals surface area contributed by atoms with Crippen LogP contribution in [0.25, 0.3) is 0 Å². The van der Waals surface area contributed by atoms with E-state index in [0.29, 0.717) is 18.2 Å². The van der Waals surface area contributed by atoms with E-state index in [9.17, 15) is 4.79 Å². The Morgan fingerprint density at radius 2 is 2.21 bits per heavy atom. The maximum atomic E-state index is 11.1. The molecule has 0 bridgehead atoms. The highest BCUT2D eigenvalue weighted by Gasteiger charge is 2.28. The summed E-state index contributed by atoms with van der Waals surface area (Å²) >= 11 is 0. The third-order valence-electron chi connectivity index (χ3n) is 3.53. The Morgan fingerprint density at radius 1 is 1.47 bits per heavy atom. The van der Waals surface area contributed by atoms with Crippen molar-refractivity contribution in [3.05, 3.63) is 35.4 Å². The monoisotopic (exact) mass is 263 g/mol. The Labute approximate surface area is 113 Å². The lowest BCUT2D eigenvalue weighted by Crippen LogP contribution is -2.43. The van der Waals surface area contributed by atoms with Crippen molar-refractivity contribution in [3.63, 3.8) is 0 Å². The molecule has 2 rings (SSSR count). The highest BCUT2D eigenvalue weighted by atomic mass is 16.5. The summed E-state index contributed by atoms with van der Waals surface area (Å²) in [5, 5.41) is 12.6. The molecule has 0 radical (unpaired) electrons. The predicted molar refractivity (Wildman–Crippen MR) is 73.3 cm³/mol. The minimum atomic E-state index is -0.871. The first-order valence-electron chi connectivity index (χ1n) is 6.66. The van der Waals surface area contributed by atoms with Crippen molar-refractivity contribution in [3.8, 4) is 0 Å². The molecule has 0 aromatic heterocycles.